The molecular weight excluding hydrogens is 476 g/mol. The summed E-state index contributed by atoms with van der Waals surface area (Å²) in [4.78, 5) is 0. The summed E-state index contributed by atoms with van der Waals surface area (Å²) in [5.74, 6) is 0.507. The summed E-state index contributed by atoms with van der Waals surface area (Å²) in [6.07, 6.45) is 2.13. The Morgan fingerprint density at radius 1 is 0.692 bits per heavy atom. The van der Waals surface area contributed by atoms with E-state index in [1.807, 2.05) is 12.1 Å². The molecule has 0 atom stereocenters. The highest BCUT2D eigenvalue weighted by Gasteiger charge is 2.23. The summed E-state index contributed by atoms with van der Waals surface area (Å²) in [7, 11) is 2.07. The average molecular weight is 508 g/mol. The Bertz CT molecular complexity index is 1900. The van der Waals surface area contributed by atoms with Crippen molar-refractivity contribution in [3.63, 3.8) is 0 Å². The molecular formula is C36H31N2O+. The van der Waals surface area contributed by atoms with Gasteiger partial charge in [-0.05, 0) is 65.8 Å². The molecule has 0 aliphatic heterocycles. The number of aryl methyl sites for hydroxylation is 3. The molecule has 0 aliphatic carbocycles. The maximum Gasteiger partial charge on any atom is 0.216 e. The van der Waals surface area contributed by atoms with Crippen molar-refractivity contribution >= 4 is 21.9 Å². The van der Waals surface area contributed by atoms with Gasteiger partial charge in [-0.3, -0.25) is 0 Å². The van der Waals surface area contributed by atoms with Crippen molar-refractivity contribution in [3.05, 3.63) is 113 Å². The minimum Gasteiger partial charge on any atom is -0.454 e. The zero-order valence-electron chi connectivity index (χ0n) is 23.0. The number of hydrogen-bond acceptors (Lipinski definition) is 2. The van der Waals surface area contributed by atoms with Crippen LogP contribution in [-0.2, 0) is 7.05 Å². The lowest BCUT2D eigenvalue weighted by molar-refractivity contribution is -0.660. The third kappa shape index (κ3) is 4.19. The first-order valence-electron chi connectivity index (χ1n) is 13.4. The Hall–Kier alpha value is -4.68. The van der Waals surface area contributed by atoms with Gasteiger partial charge in [-0.25, -0.2) is 4.57 Å². The molecule has 6 aromatic rings. The average Bonchev–Trinajstić information content (AvgIpc) is 3.32. The van der Waals surface area contributed by atoms with Crippen molar-refractivity contribution in [2.75, 3.05) is 0 Å². The van der Waals surface area contributed by atoms with Gasteiger partial charge in [0, 0.05) is 28.0 Å². The van der Waals surface area contributed by atoms with E-state index in [1.165, 1.54) is 16.7 Å². The molecule has 2 heterocycles. The van der Waals surface area contributed by atoms with Gasteiger partial charge in [0.05, 0.1) is 17.2 Å². The number of furan rings is 1. The molecule has 2 aromatic heterocycles. The molecule has 0 unspecified atom stereocenters. The number of rotatable bonds is 4. The Kier molecular flexibility index (Phi) is 6.04. The van der Waals surface area contributed by atoms with Gasteiger partial charge in [-0.2, -0.15) is 5.26 Å². The van der Waals surface area contributed by atoms with Crippen molar-refractivity contribution in [1.82, 2.24) is 0 Å². The first-order chi connectivity index (χ1) is 18.9. The number of hydrogen-bond donors (Lipinski definition) is 0. The quantitative estimate of drug-likeness (QED) is 0.223. The highest BCUT2D eigenvalue weighted by Crippen LogP contribution is 2.42. The Balaban J connectivity index is 1.53. The lowest BCUT2D eigenvalue weighted by Crippen LogP contribution is -2.31. The molecule has 4 aromatic carbocycles. The van der Waals surface area contributed by atoms with E-state index in [9.17, 15) is 5.26 Å². The Morgan fingerprint density at radius 3 is 1.90 bits per heavy atom. The number of aromatic nitrogens is 1. The minimum atomic E-state index is 0.507. The maximum atomic E-state index is 10.1. The van der Waals surface area contributed by atoms with Crippen LogP contribution in [0.5, 0.6) is 0 Å². The molecule has 3 heteroatoms. The fraction of sp³-hybridized carbons (Fsp3) is 0.167. The second-order valence-electron chi connectivity index (χ2n) is 10.8. The summed E-state index contributed by atoms with van der Waals surface area (Å²) in [5.41, 5.74) is 12.2. The smallest absolute Gasteiger partial charge is 0.216 e. The van der Waals surface area contributed by atoms with Crippen LogP contribution in [0.3, 0.4) is 0 Å². The number of pyridine rings is 1. The van der Waals surface area contributed by atoms with E-state index in [0.29, 0.717) is 11.5 Å². The predicted molar refractivity (Wildman–Crippen MR) is 159 cm³/mol. The first-order valence-corrected chi connectivity index (χ1v) is 13.4. The lowest BCUT2D eigenvalue weighted by Gasteiger charge is -2.09. The van der Waals surface area contributed by atoms with E-state index >= 15 is 0 Å². The SMILES string of the molecule is Cc1ccc(-c2c(C)ccc3c2oc2c(-c4ccc(-c5ccc(C(C)C)cc5)cc4)c(C#N)ccc23)[n+](C)c1. The minimum absolute atomic E-state index is 0.507. The van der Waals surface area contributed by atoms with Gasteiger partial charge in [0.25, 0.3) is 0 Å². The molecule has 0 aliphatic rings. The second kappa shape index (κ2) is 9.57. The van der Waals surface area contributed by atoms with E-state index in [1.54, 1.807) is 0 Å². The summed E-state index contributed by atoms with van der Waals surface area (Å²) in [6, 6.07) is 32.1. The van der Waals surface area contributed by atoms with Crippen LogP contribution in [0.4, 0.5) is 0 Å². The number of fused-ring (bicyclic) bond motifs is 3. The van der Waals surface area contributed by atoms with Crippen molar-refractivity contribution in [1.29, 1.82) is 5.26 Å². The van der Waals surface area contributed by atoms with Crippen molar-refractivity contribution in [2.45, 2.75) is 33.6 Å². The van der Waals surface area contributed by atoms with Crippen LogP contribution in [0, 0.1) is 25.2 Å². The summed E-state index contributed by atoms with van der Waals surface area (Å²) >= 11 is 0. The zero-order valence-corrected chi connectivity index (χ0v) is 23.0. The molecule has 0 saturated carbocycles. The zero-order chi connectivity index (χ0) is 27.3. The van der Waals surface area contributed by atoms with Gasteiger partial charge in [-0.15, -0.1) is 0 Å². The van der Waals surface area contributed by atoms with E-state index in [4.69, 9.17) is 4.42 Å². The molecule has 6 rings (SSSR count). The van der Waals surface area contributed by atoms with Crippen LogP contribution in [0.2, 0.25) is 0 Å². The third-order valence-electron chi connectivity index (χ3n) is 7.76. The van der Waals surface area contributed by atoms with Gasteiger partial charge in [0.2, 0.25) is 5.69 Å². The van der Waals surface area contributed by atoms with Gasteiger partial charge < -0.3 is 4.42 Å². The summed E-state index contributed by atoms with van der Waals surface area (Å²) in [5, 5.41) is 12.1. The largest absolute Gasteiger partial charge is 0.454 e. The fourth-order valence-corrected chi connectivity index (χ4v) is 5.60. The van der Waals surface area contributed by atoms with Crippen molar-refractivity contribution in [2.24, 2.45) is 7.05 Å². The van der Waals surface area contributed by atoms with Crippen molar-refractivity contribution in [3.8, 4) is 39.6 Å². The van der Waals surface area contributed by atoms with Crippen LogP contribution in [0.1, 0.15) is 42.0 Å². The van der Waals surface area contributed by atoms with Crippen LogP contribution in [0.25, 0.3) is 55.4 Å². The number of nitrogens with zero attached hydrogens (tertiary/aromatic N) is 2. The molecule has 0 radical (unpaired) electrons. The van der Waals surface area contributed by atoms with Crippen LogP contribution in [0.15, 0.2) is 95.5 Å². The standard InChI is InChI=1S/C36H31N2O/c1-22(2)25-8-10-26(11-9-25)27-12-14-28(15-13-27)34-29(20-37)16-18-31-30-17-7-24(4)33(35(30)39-36(31)34)32-19-6-23(3)21-38(32)5/h6-19,21-22H,1-5H3/q+1. The van der Waals surface area contributed by atoms with E-state index in [0.717, 1.165) is 55.4 Å². The van der Waals surface area contributed by atoms with Crippen LogP contribution >= 0.6 is 0 Å². The molecule has 0 fully saturated rings. The highest BCUT2D eigenvalue weighted by molar-refractivity contribution is 6.14. The topological polar surface area (TPSA) is 40.8 Å². The Labute approximate surface area is 229 Å². The molecule has 0 spiro atoms. The predicted octanol–water partition coefficient (Wildman–Crippen LogP) is 9.02. The Morgan fingerprint density at radius 2 is 1.28 bits per heavy atom. The lowest BCUT2D eigenvalue weighted by atomic mass is 9.94. The third-order valence-corrected chi connectivity index (χ3v) is 7.76. The van der Waals surface area contributed by atoms with Gasteiger partial charge >= 0.3 is 0 Å². The molecule has 0 saturated heterocycles. The number of nitriles is 1. The fourth-order valence-electron chi connectivity index (χ4n) is 5.60. The van der Waals surface area contributed by atoms with Gasteiger partial charge in [0.1, 0.15) is 18.2 Å². The van der Waals surface area contributed by atoms with Crippen LogP contribution in [-0.4, -0.2) is 0 Å². The molecule has 0 bridgehead atoms. The molecule has 3 nitrogen and oxygen atoms in total. The van der Waals surface area contributed by atoms with Crippen LogP contribution < -0.4 is 4.57 Å². The van der Waals surface area contributed by atoms with Crippen molar-refractivity contribution < 1.29 is 8.98 Å². The first kappa shape index (κ1) is 24.6. The summed E-state index contributed by atoms with van der Waals surface area (Å²) in [6.45, 7) is 8.64. The van der Waals surface area contributed by atoms with Gasteiger partial charge in [0.15, 0.2) is 6.20 Å². The monoisotopic (exact) mass is 507 g/mol. The normalized spacial score (nSPS) is 11.4. The second-order valence-corrected chi connectivity index (χ2v) is 10.8. The van der Waals surface area contributed by atoms with E-state index < -0.39 is 0 Å². The highest BCUT2D eigenvalue weighted by atomic mass is 16.3. The molecule has 190 valence electrons. The number of benzene rings is 4. The molecule has 39 heavy (non-hydrogen) atoms. The maximum absolute atomic E-state index is 10.1. The molecule has 0 N–H and O–H groups in total. The van der Waals surface area contributed by atoms with E-state index in [2.05, 4.69) is 124 Å². The van der Waals surface area contributed by atoms with E-state index in [-0.39, 0.29) is 0 Å². The van der Waals surface area contributed by atoms with Gasteiger partial charge in [-0.1, -0.05) is 74.5 Å². The molecule has 0 amide bonds. The summed E-state index contributed by atoms with van der Waals surface area (Å²) < 4.78 is 8.87.